The van der Waals surface area contributed by atoms with Gasteiger partial charge < -0.3 is 0 Å². The zero-order valence-corrected chi connectivity index (χ0v) is 11.9. The van der Waals surface area contributed by atoms with Gasteiger partial charge in [-0.3, -0.25) is 4.79 Å². The lowest BCUT2D eigenvalue weighted by Gasteiger charge is -2.31. The summed E-state index contributed by atoms with van der Waals surface area (Å²) in [5.41, 5.74) is 1.14. The van der Waals surface area contributed by atoms with Gasteiger partial charge in [0.15, 0.2) is 0 Å². The molecule has 5 heteroatoms. The summed E-state index contributed by atoms with van der Waals surface area (Å²) in [7, 11) is 3.47. The lowest BCUT2D eigenvalue weighted by Crippen LogP contribution is -2.49. The average Bonchev–Trinajstić information content (AvgIpc) is 2.50. The van der Waals surface area contributed by atoms with Gasteiger partial charge in [0.1, 0.15) is 0 Å². The van der Waals surface area contributed by atoms with E-state index in [4.69, 9.17) is 0 Å². The maximum absolute atomic E-state index is 12.7. The summed E-state index contributed by atoms with van der Waals surface area (Å²) in [5, 5.41) is 3.02. The number of anilines is 2. The van der Waals surface area contributed by atoms with Crippen LogP contribution in [0.15, 0.2) is 60.7 Å². The molecule has 0 bridgehead atoms. The van der Waals surface area contributed by atoms with E-state index in [0.717, 1.165) is 4.90 Å². The van der Waals surface area contributed by atoms with Gasteiger partial charge in [-0.2, -0.15) is 0 Å². The molecular weight excluding hydrogens is 266 g/mol. The molecule has 0 saturated carbocycles. The van der Waals surface area contributed by atoms with E-state index in [-0.39, 0.29) is 0 Å². The molecule has 107 valence electrons. The van der Waals surface area contributed by atoms with Crippen LogP contribution in [0.2, 0.25) is 0 Å². The van der Waals surface area contributed by atoms with Gasteiger partial charge in [0.05, 0.1) is 11.4 Å². The molecule has 3 amide bonds. The predicted octanol–water partition coefficient (Wildman–Crippen LogP) is 2.66. The van der Waals surface area contributed by atoms with Crippen LogP contribution in [0.4, 0.5) is 16.2 Å². The molecule has 5 nitrogen and oxygen atoms in total. The van der Waals surface area contributed by atoms with Crippen molar-refractivity contribution in [3.8, 4) is 0 Å². The van der Waals surface area contributed by atoms with Gasteiger partial charge in [-0.1, -0.05) is 36.4 Å². The lowest BCUT2D eigenvalue weighted by atomic mass is 10.3. The zero-order valence-electron chi connectivity index (χ0n) is 11.9. The predicted molar refractivity (Wildman–Crippen MR) is 82.6 cm³/mol. The Balaban J connectivity index is 2.36. The molecule has 2 aromatic rings. The number of carbonyl (C=O) groups is 1. The van der Waals surface area contributed by atoms with E-state index in [1.807, 2.05) is 24.3 Å². The monoisotopic (exact) mass is 282 g/mol. The molecule has 0 heterocycles. The van der Waals surface area contributed by atoms with Gasteiger partial charge in [0.2, 0.25) is 0 Å². The molecule has 0 atom stereocenters. The Kier molecular flexibility index (Phi) is 4.68. The van der Waals surface area contributed by atoms with Gasteiger partial charge in [0.25, 0.3) is 0 Å². The summed E-state index contributed by atoms with van der Waals surface area (Å²) < 4.78 is 0. The van der Waals surface area contributed by atoms with Crippen LogP contribution in [0, 0.1) is 0 Å². The molecule has 0 aromatic heterocycles. The van der Waals surface area contributed by atoms with Crippen molar-refractivity contribution in [1.82, 2.24) is 5.01 Å². The molecule has 21 heavy (non-hydrogen) atoms. The molecule has 0 aliphatic carbocycles. The summed E-state index contributed by atoms with van der Waals surface area (Å²) in [6, 6.07) is 17.3. The van der Waals surface area contributed by atoms with E-state index in [9.17, 15) is 9.59 Å². The highest BCUT2D eigenvalue weighted by Gasteiger charge is 2.25. The van der Waals surface area contributed by atoms with Crippen LogP contribution in [0.3, 0.4) is 0 Å². The number of benzene rings is 2. The number of hydrogen-bond acceptors (Lipinski definition) is 3. The van der Waals surface area contributed by atoms with Crippen LogP contribution in [-0.2, 0) is 4.79 Å². The Morgan fingerprint density at radius 2 is 1.33 bits per heavy atom. The third kappa shape index (κ3) is 3.27. The standard InChI is InChI=1S/C16H16N3O2/c1-17(2)19(15-11-7-4-8-12-15)16(21)18(13-20)14-9-5-3-6-10-14/h3-12H,1-2H3. The second kappa shape index (κ2) is 6.67. The molecule has 2 rings (SSSR count). The minimum absolute atomic E-state index is 0.472. The Hall–Kier alpha value is -2.66. The van der Waals surface area contributed by atoms with Gasteiger partial charge >= 0.3 is 12.4 Å². The molecule has 0 N–H and O–H groups in total. The molecule has 0 saturated heterocycles. The van der Waals surface area contributed by atoms with Gasteiger partial charge in [0, 0.05) is 14.1 Å². The number of hydrogen-bond donors (Lipinski definition) is 0. The molecule has 0 spiro atoms. The van der Waals surface area contributed by atoms with Crippen molar-refractivity contribution in [3.63, 3.8) is 0 Å². The lowest BCUT2D eigenvalue weighted by molar-refractivity contribution is 0.239. The summed E-state index contributed by atoms with van der Waals surface area (Å²) in [5.74, 6) is 0. The Labute approximate surface area is 124 Å². The van der Waals surface area contributed by atoms with Crippen molar-refractivity contribution < 1.29 is 9.59 Å². The first-order valence-electron chi connectivity index (χ1n) is 6.44. The van der Waals surface area contributed by atoms with E-state index in [1.54, 1.807) is 61.9 Å². The molecule has 0 aliphatic rings. The third-order valence-corrected chi connectivity index (χ3v) is 2.88. The van der Waals surface area contributed by atoms with E-state index < -0.39 is 6.03 Å². The Bertz CT molecular complexity index is 599. The fraction of sp³-hybridized carbons (Fsp3) is 0.125. The van der Waals surface area contributed by atoms with Crippen molar-refractivity contribution in [2.75, 3.05) is 24.0 Å². The topological polar surface area (TPSA) is 43.9 Å². The van der Waals surface area contributed by atoms with E-state index in [0.29, 0.717) is 11.4 Å². The van der Waals surface area contributed by atoms with Crippen molar-refractivity contribution >= 4 is 23.8 Å². The normalized spacial score (nSPS) is 10.2. The molecule has 0 aliphatic heterocycles. The maximum Gasteiger partial charge on any atom is 0.351 e. The van der Waals surface area contributed by atoms with Crippen LogP contribution >= 0.6 is 0 Å². The second-order valence-electron chi connectivity index (χ2n) is 4.54. The quantitative estimate of drug-likeness (QED) is 0.639. The molecule has 1 radical (unpaired) electrons. The molecule has 2 aromatic carbocycles. The van der Waals surface area contributed by atoms with Crippen molar-refractivity contribution in [2.24, 2.45) is 0 Å². The fourth-order valence-electron chi connectivity index (χ4n) is 1.96. The first kappa shape index (κ1) is 14.7. The van der Waals surface area contributed by atoms with Crippen LogP contribution in [0.25, 0.3) is 0 Å². The van der Waals surface area contributed by atoms with Gasteiger partial charge in [-0.25, -0.2) is 19.7 Å². The highest BCUT2D eigenvalue weighted by Crippen LogP contribution is 2.19. The summed E-state index contributed by atoms with van der Waals surface area (Å²) >= 11 is 0. The zero-order chi connectivity index (χ0) is 15.2. The number of hydrazine groups is 1. The fourth-order valence-corrected chi connectivity index (χ4v) is 1.96. The van der Waals surface area contributed by atoms with Crippen molar-refractivity contribution in [1.29, 1.82) is 0 Å². The van der Waals surface area contributed by atoms with Crippen LogP contribution in [-0.4, -0.2) is 31.5 Å². The van der Waals surface area contributed by atoms with Crippen LogP contribution < -0.4 is 9.91 Å². The van der Waals surface area contributed by atoms with Crippen LogP contribution in [0.5, 0.6) is 0 Å². The van der Waals surface area contributed by atoms with Crippen molar-refractivity contribution in [2.45, 2.75) is 0 Å². The molecule has 0 fully saturated rings. The van der Waals surface area contributed by atoms with E-state index in [2.05, 4.69) is 0 Å². The molecular formula is C16H16N3O2. The van der Waals surface area contributed by atoms with E-state index >= 15 is 0 Å². The minimum Gasteiger partial charge on any atom is -0.262 e. The largest absolute Gasteiger partial charge is 0.351 e. The number of nitrogens with zero attached hydrogens (tertiary/aromatic N) is 3. The summed E-state index contributed by atoms with van der Waals surface area (Å²) in [6.07, 6.45) is 1.69. The smallest absolute Gasteiger partial charge is 0.262 e. The van der Waals surface area contributed by atoms with Crippen molar-refractivity contribution in [3.05, 3.63) is 60.7 Å². The number of amides is 3. The Morgan fingerprint density at radius 3 is 1.76 bits per heavy atom. The average molecular weight is 282 g/mol. The minimum atomic E-state index is -0.493. The summed E-state index contributed by atoms with van der Waals surface area (Å²) in [6.45, 7) is 0. The van der Waals surface area contributed by atoms with Gasteiger partial charge in [-0.05, 0) is 24.3 Å². The Morgan fingerprint density at radius 1 is 0.857 bits per heavy atom. The maximum atomic E-state index is 12.7. The first-order chi connectivity index (χ1) is 10.1. The first-order valence-corrected chi connectivity index (χ1v) is 6.44. The second-order valence-corrected chi connectivity index (χ2v) is 4.54. The number of carbonyl (C=O) groups excluding carboxylic acids is 2. The number of imide groups is 1. The summed E-state index contributed by atoms with van der Waals surface area (Å²) in [4.78, 5) is 24.9. The molecule has 0 unspecified atom stereocenters. The van der Waals surface area contributed by atoms with Crippen LogP contribution in [0.1, 0.15) is 0 Å². The SMILES string of the molecule is CN(C)N(C(=O)N([C]=O)c1ccccc1)c1ccccc1. The third-order valence-electron chi connectivity index (χ3n) is 2.88. The van der Waals surface area contributed by atoms with Gasteiger partial charge in [-0.15, -0.1) is 0 Å². The number of para-hydroxylation sites is 2. The highest BCUT2D eigenvalue weighted by molar-refractivity contribution is 6.12. The highest BCUT2D eigenvalue weighted by atomic mass is 16.2. The number of urea groups is 1. The van der Waals surface area contributed by atoms with E-state index in [1.165, 1.54) is 5.01 Å². The number of rotatable bonds is 4.